The van der Waals surface area contributed by atoms with Crippen LogP contribution in [0.15, 0.2) is 42.5 Å². The van der Waals surface area contributed by atoms with Crippen LogP contribution < -0.4 is 14.4 Å². The second-order valence-corrected chi connectivity index (χ2v) is 6.22. The zero-order valence-corrected chi connectivity index (χ0v) is 16.0. The third kappa shape index (κ3) is 4.61. The first-order valence-corrected chi connectivity index (χ1v) is 8.97. The van der Waals surface area contributed by atoms with Gasteiger partial charge in [0.2, 0.25) is 0 Å². The van der Waals surface area contributed by atoms with E-state index < -0.39 is 5.97 Å². The maximum atomic E-state index is 12.4. The Kier molecular flexibility index (Phi) is 6.49. The number of ether oxygens (including phenoxy) is 4. The number of hydrogen-bond donors (Lipinski definition) is 0. The molecular weight excluding hydrogens is 362 g/mol. The van der Waals surface area contributed by atoms with Crippen LogP contribution in [-0.2, 0) is 9.47 Å². The number of Topliss-reactive ketones (excluding diaryl/α,β-unsaturated/α-hetero) is 1. The fourth-order valence-electron chi connectivity index (χ4n) is 2.96. The lowest BCUT2D eigenvalue weighted by atomic mass is 10.1. The number of methoxy groups -OCH3 is 2. The molecule has 0 bridgehead atoms. The molecule has 7 heteroatoms. The van der Waals surface area contributed by atoms with Crippen LogP contribution in [0.25, 0.3) is 0 Å². The minimum atomic E-state index is -0.538. The van der Waals surface area contributed by atoms with Gasteiger partial charge in [-0.25, -0.2) is 4.79 Å². The number of benzene rings is 2. The highest BCUT2D eigenvalue weighted by Crippen LogP contribution is 2.27. The lowest BCUT2D eigenvalue weighted by Gasteiger charge is -2.29. The minimum absolute atomic E-state index is 0.321. The molecule has 0 N–H and O–H groups in total. The first-order valence-electron chi connectivity index (χ1n) is 8.97. The molecule has 28 heavy (non-hydrogen) atoms. The average molecular weight is 385 g/mol. The number of carbonyl (C=O) groups is 2. The molecule has 0 radical (unpaired) electrons. The number of rotatable bonds is 7. The Balaban J connectivity index is 1.63. The van der Waals surface area contributed by atoms with Crippen molar-refractivity contribution in [2.75, 3.05) is 52.0 Å². The first kappa shape index (κ1) is 19.7. The van der Waals surface area contributed by atoms with Gasteiger partial charge in [0.05, 0.1) is 33.0 Å². The van der Waals surface area contributed by atoms with Crippen LogP contribution in [0.4, 0.5) is 5.69 Å². The smallest absolute Gasteiger partial charge is 0.338 e. The van der Waals surface area contributed by atoms with E-state index in [1.54, 1.807) is 36.4 Å². The number of morpholine rings is 1. The molecule has 0 aliphatic carbocycles. The normalized spacial score (nSPS) is 13.7. The molecule has 1 aliphatic heterocycles. The second-order valence-electron chi connectivity index (χ2n) is 6.22. The summed E-state index contributed by atoms with van der Waals surface area (Å²) in [5, 5.41) is 0. The van der Waals surface area contributed by atoms with E-state index in [9.17, 15) is 9.59 Å². The third-order valence-electron chi connectivity index (χ3n) is 4.50. The van der Waals surface area contributed by atoms with Gasteiger partial charge in [0.1, 0.15) is 0 Å². The van der Waals surface area contributed by atoms with Gasteiger partial charge in [0.15, 0.2) is 23.9 Å². The lowest BCUT2D eigenvalue weighted by Crippen LogP contribution is -2.36. The third-order valence-corrected chi connectivity index (χ3v) is 4.50. The Morgan fingerprint density at radius 2 is 1.71 bits per heavy atom. The molecule has 0 spiro atoms. The number of anilines is 1. The fraction of sp³-hybridized carbons (Fsp3) is 0.333. The van der Waals surface area contributed by atoms with E-state index in [2.05, 4.69) is 4.90 Å². The Bertz CT molecular complexity index is 845. The maximum absolute atomic E-state index is 12.4. The van der Waals surface area contributed by atoms with E-state index in [0.29, 0.717) is 35.8 Å². The molecule has 0 amide bonds. The summed E-state index contributed by atoms with van der Waals surface area (Å²) in [6.45, 7) is 2.52. The average Bonchev–Trinajstić information content (AvgIpc) is 2.77. The van der Waals surface area contributed by atoms with Crippen LogP contribution in [0.5, 0.6) is 11.5 Å². The van der Waals surface area contributed by atoms with Crippen molar-refractivity contribution < 1.29 is 28.5 Å². The standard InChI is InChI=1S/C21H23NO6/c1-25-19-7-6-15(13-20(19)26-2)18(23)14-28-21(24)16-4-3-5-17(12-16)22-8-10-27-11-9-22/h3-7,12-13H,8-11,14H2,1-2H3. The van der Waals surface area contributed by atoms with E-state index in [1.165, 1.54) is 14.2 Å². The zero-order valence-electron chi connectivity index (χ0n) is 16.0. The Morgan fingerprint density at radius 3 is 2.43 bits per heavy atom. The molecule has 148 valence electrons. The minimum Gasteiger partial charge on any atom is -0.493 e. The second kappa shape index (κ2) is 9.23. The van der Waals surface area contributed by atoms with Crippen LogP contribution in [0.3, 0.4) is 0 Å². The molecule has 1 heterocycles. The Labute approximate surface area is 163 Å². The molecule has 1 aliphatic rings. The van der Waals surface area contributed by atoms with Crippen molar-refractivity contribution in [2.45, 2.75) is 0 Å². The van der Waals surface area contributed by atoms with Crippen LogP contribution in [0, 0.1) is 0 Å². The summed E-state index contributed by atoms with van der Waals surface area (Å²) < 4.78 is 20.9. The number of hydrogen-bond acceptors (Lipinski definition) is 7. The van der Waals surface area contributed by atoms with Gasteiger partial charge in [-0.2, -0.15) is 0 Å². The summed E-state index contributed by atoms with van der Waals surface area (Å²) in [7, 11) is 3.01. The fourth-order valence-corrected chi connectivity index (χ4v) is 2.96. The summed E-state index contributed by atoms with van der Waals surface area (Å²) in [5.74, 6) is 0.108. The number of carbonyl (C=O) groups excluding carboxylic acids is 2. The topological polar surface area (TPSA) is 74.3 Å². The van der Waals surface area contributed by atoms with E-state index in [4.69, 9.17) is 18.9 Å². The summed E-state index contributed by atoms with van der Waals surface area (Å²) in [5.41, 5.74) is 1.72. The van der Waals surface area contributed by atoms with Crippen LogP contribution in [-0.4, -0.2) is 58.9 Å². The Hall–Kier alpha value is -3.06. The summed E-state index contributed by atoms with van der Waals surface area (Å²) in [6, 6.07) is 12.0. The molecule has 0 unspecified atom stereocenters. The molecule has 1 fully saturated rings. The Morgan fingerprint density at radius 1 is 0.964 bits per heavy atom. The molecule has 0 aromatic heterocycles. The summed E-state index contributed by atoms with van der Waals surface area (Å²) in [4.78, 5) is 26.9. The van der Waals surface area contributed by atoms with E-state index in [0.717, 1.165) is 18.8 Å². The molecule has 7 nitrogen and oxygen atoms in total. The quantitative estimate of drug-likeness (QED) is 0.536. The van der Waals surface area contributed by atoms with Crippen molar-refractivity contribution in [1.82, 2.24) is 0 Å². The molecule has 0 saturated carbocycles. The summed E-state index contributed by atoms with van der Waals surface area (Å²) >= 11 is 0. The molecule has 3 rings (SSSR count). The molecule has 1 saturated heterocycles. The van der Waals surface area contributed by atoms with Crippen LogP contribution in [0.2, 0.25) is 0 Å². The van der Waals surface area contributed by atoms with Gasteiger partial charge in [-0.3, -0.25) is 4.79 Å². The molecular formula is C21H23NO6. The van der Waals surface area contributed by atoms with Gasteiger partial charge in [-0.05, 0) is 36.4 Å². The van der Waals surface area contributed by atoms with E-state index >= 15 is 0 Å². The van der Waals surface area contributed by atoms with Gasteiger partial charge in [0, 0.05) is 24.3 Å². The SMILES string of the molecule is COc1ccc(C(=O)COC(=O)c2cccc(N3CCOCC3)c2)cc1OC. The highest BCUT2D eigenvalue weighted by atomic mass is 16.5. The molecule has 2 aromatic carbocycles. The number of esters is 1. The molecule has 2 aromatic rings. The van der Waals surface area contributed by atoms with Gasteiger partial charge in [-0.1, -0.05) is 6.07 Å². The van der Waals surface area contributed by atoms with Gasteiger partial charge in [0.25, 0.3) is 0 Å². The van der Waals surface area contributed by atoms with Crippen molar-refractivity contribution in [1.29, 1.82) is 0 Å². The van der Waals surface area contributed by atoms with Crippen molar-refractivity contribution >= 4 is 17.4 Å². The van der Waals surface area contributed by atoms with Crippen LogP contribution in [0.1, 0.15) is 20.7 Å². The summed E-state index contributed by atoms with van der Waals surface area (Å²) in [6.07, 6.45) is 0. The highest BCUT2D eigenvalue weighted by molar-refractivity contribution is 6.00. The van der Waals surface area contributed by atoms with E-state index in [1.807, 2.05) is 6.07 Å². The van der Waals surface area contributed by atoms with Gasteiger partial charge in [-0.15, -0.1) is 0 Å². The highest BCUT2D eigenvalue weighted by Gasteiger charge is 2.16. The van der Waals surface area contributed by atoms with Crippen LogP contribution >= 0.6 is 0 Å². The first-order chi connectivity index (χ1) is 13.6. The van der Waals surface area contributed by atoms with Crippen molar-refractivity contribution in [3.8, 4) is 11.5 Å². The predicted octanol–water partition coefficient (Wildman–Crippen LogP) is 2.58. The van der Waals surface area contributed by atoms with E-state index in [-0.39, 0.29) is 12.4 Å². The number of nitrogens with zero attached hydrogens (tertiary/aromatic N) is 1. The monoisotopic (exact) mass is 385 g/mol. The maximum Gasteiger partial charge on any atom is 0.338 e. The molecule has 0 atom stereocenters. The van der Waals surface area contributed by atoms with Gasteiger partial charge >= 0.3 is 5.97 Å². The largest absolute Gasteiger partial charge is 0.493 e. The zero-order chi connectivity index (χ0) is 19.9. The van der Waals surface area contributed by atoms with Crippen molar-refractivity contribution in [2.24, 2.45) is 0 Å². The lowest BCUT2D eigenvalue weighted by molar-refractivity contribution is 0.0474. The number of ketones is 1. The van der Waals surface area contributed by atoms with Crippen molar-refractivity contribution in [3.63, 3.8) is 0 Å². The van der Waals surface area contributed by atoms with Crippen molar-refractivity contribution in [3.05, 3.63) is 53.6 Å². The van der Waals surface area contributed by atoms with Gasteiger partial charge < -0.3 is 23.8 Å². The predicted molar refractivity (Wildman–Crippen MR) is 104 cm³/mol.